The van der Waals surface area contributed by atoms with Gasteiger partial charge in [-0.1, -0.05) is 149 Å². The van der Waals surface area contributed by atoms with Crippen molar-refractivity contribution in [2.75, 3.05) is 126 Å². The van der Waals surface area contributed by atoms with Gasteiger partial charge in [0, 0.05) is 173 Å². The van der Waals surface area contributed by atoms with E-state index in [-0.39, 0.29) is 117 Å². The van der Waals surface area contributed by atoms with E-state index in [9.17, 15) is 24.0 Å². The van der Waals surface area contributed by atoms with E-state index in [4.69, 9.17) is 71.1 Å². The minimum absolute atomic E-state index is 0.0117. The van der Waals surface area contributed by atoms with Crippen LogP contribution in [0.3, 0.4) is 0 Å². The number of rotatable bonds is 72. The first-order valence-electron chi connectivity index (χ1n) is 52.6. The Morgan fingerprint density at radius 1 is 0.386 bits per heavy atom. The second-order valence-electron chi connectivity index (χ2n) is 42.1. The molecule has 7 aliphatic rings. The molecular formula is C107H190O20. The van der Waals surface area contributed by atoms with Crippen molar-refractivity contribution in [3.05, 3.63) is 11.6 Å². The first-order valence-corrected chi connectivity index (χ1v) is 52.6. The minimum atomic E-state index is -0.811. The van der Waals surface area contributed by atoms with Crippen LogP contribution in [0.2, 0.25) is 0 Å². The number of esters is 1. The van der Waals surface area contributed by atoms with E-state index >= 15 is 0 Å². The zero-order valence-corrected chi connectivity index (χ0v) is 84.0. The van der Waals surface area contributed by atoms with Gasteiger partial charge >= 0.3 is 5.97 Å². The monoisotopic (exact) mass is 1800 g/mol. The first kappa shape index (κ1) is 111. The molecule has 0 radical (unpaired) electrons. The molecule has 20 nitrogen and oxygen atoms in total. The van der Waals surface area contributed by atoms with E-state index in [1.807, 2.05) is 0 Å². The number of hydrogen-bond donors (Lipinski definition) is 0. The van der Waals surface area contributed by atoms with Crippen molar-refractivity contribution in [2.24, 2.45) is 105 Å². The van der Waals surface area contributed by atoms with Crippen LogP contribution in [-0.4, -0.2) is 198 Å². The van der Waals surface area contributed by atoms with Crippen LogP contribution >= 0.6 is 0 Å². The number of carbonyl (C=O) groups is 5. The highest BCUT2D eigenvalue weighted by Gasteiger charge is 2.59. The number of Topliss-reactive ketones (excluding diaryl/α,β-unsaturated/α-hetero) is 4. The fourth-order valence-electron chi connectivity index (χ4n) is 22.8. The Kier molecular flexibility index (Phi) is 53.9. The third kappa shape index (κ3) is 38.1. The molecule has 3 aliphatic heterocycles. The largest absolute Gasteiger partial charge is 0.462 e. The van der Waals surface area contributed by atoms with Crippen molar-refractivity contribution in [3.8, 4) is 0 Å². The Labute approximate surface area is 773 Å². The van der Waals surface area contributed by atoms with Crippen LogP contribution in [0.5, 0.6) is 0 Å². The van der Waals surface area contributed by atoms with Crippen molar-refractivity contribution < 1.29 is 95.0 Å². The third-order valence-electron chi connectivity index (χ3n) is 32.2. The molecule has 0 aromatic carbocycles. The Morgan fingerprint density at radius 3 is 1.20 bits per heavy atom. The highest BCUT2D eigenvalue weighted by atomic mass is 16.7. The van der Waals surface area contributed by atoms with Gasteiger partial charge in [-0.2, -0.15) is 0 Å². The molecule has 127 heavy (non-hydrogen) atoms. The molecule has 23 atom stereocenters. The fourth-order valence-corrected chi connectivity index (χ4v) is 22.8. The summed E-state index contributed by atoms with van der Waals surface area (Å²) in [4.78, 5) is 66.2. The highest BCUT2D eigenvalue weighted by Crippen LogP contribution is 2.67. The van der Waals surface area contributed by atoms with E-state index < -0.39 is 5.41 Å². The smallest absolute Gasteiger partial charge is 0.306 e. The molecule has 19 unspecified atom stereocenters. The predicted molar refractivity (Wildman–Crippen MR) is 505 cm³/mol. The Balaban J connectivity index is 0.830. The Bertz CT molecular complexity index is 2820. The van der Waals surface area contributed by atoms with E-state index in [2.05, 4.69) is 124 Å². The van der Waals surface area contributed by atoms with Crippen LogP contribution in [0.15, 0.2) is 11.6 Å². The van der Waals surface area contributed by atoms with Crippen LogP contribution in [-0.2, 0) is 95.0 Å². The molecule has 3 saturated heterocycles. The molecule has 7 rings (SSSR count). The molecule has 0 N–H and O–H groups in total. The van der Waals surface area contributed by atoms with Crippen LogP contribution in [0.1, 0.15) is 368 Å². The number of ketones is 4. The molecule has 4 aliphatic carbocycles. The summed E-state index contributed by atoms with van der Waals surface area (Å²) in [6, 6.07) is 0. The maximum Gasteiger partial charge on any atom is 0.306 e. The van der Waals surface area contributed by atoms with Crippen molar-refractivity contribution in [1.29, 1.82) is 0 Å². The molecule has 20 heteroatoms. The van der Waals surface area contributed by atoms with E-state index in [1.165, 1.54) is 51.4 Å². The van der Waals surface area contributed by atoms with Crippen LogP contribution < -0.4 is 0 Å². The Hall–Kier alpha value is -2.67. The summed E-state index contributed by atoms with van der Waals surface area (Å²) in [6.45, 7) is 47.7. The maximum absolute atomic E-state index is 14.3. The standard InChI is InChI=1S/C107H190O20/c1-18-98-82(10)79(7)85(13)102(125-98)121-66-30-24-43-89(108)40-21-27-56-113-60-35-63-118-74-107(75-119-64-36-61-114-57-28-22-41-90(109)44-25-31-67-122-103-86(14)80(8)83(11)99(19-2)126-103,76-120-65-37-62-115-58-29-23-42-91(110)45-26-32-68-123-104-87(15)81(9)84(12)100(20-3)127-104)73-92(111)53-69-117-71-70-116-59-34-46-101(112)124-93-51-54-105(16)88(72-93)47-48-94-96-50-49-95(78(6)39-33-38-77(4)5)106(96,17)55-52-97(94)105/h47,77-87,93-100,102-104H,18-46,48-76H2,1-17H3/t78-,79?,80?,81?,82?,83?,84?,85?,86?,87?,93+,94?,95?,96?,97?,98?,99?,100?,102?,103?,104?,105+,106-,107?/m1/s1. The number of carbonyl (C=O) groups excluding carboxylic acids is 5. The topological polar surface area (TPSA) is 224 Å². The van der Waals surface area contributed by atoms with Crippen LogP contribution in [0, 0.1) is 105 Å². The lowest BCUT2D eigenvalue weighted by molar-refractivity contribution is -0.248. The Morgan fingerprint density at radius 2 is 0.780 bits per heavy atom. The summed E-state index contributed by atoms with van der Waals surface area (Å²) >= 11 is 0. The second kappa shape index (κ2) is 61.4. The predicted octanol–water partition coefficient (Wildman–Crippen LogP) is 23.3. The van der Waals surface area contributed by atoms with E-state index in [0.717, 1.165) is 151 Å². The summed E-state index contributed by atoms with van der Waals surface area (Å²) in [6.07, 6.45) is 35.4. The van der Waals surface area contributed by atoms with E-state index in [1.54, 1.807) is 5.57 Å². The van der Waals surface area contributed by atoms with Gasteiger partial charge in [0.25, 0.3) is 0 Å². The molecule has 3 saturated carbocycles. The highest BCUT2D eigenvalue weighted by molar-refractivity contribution is 5.80. The summed E-state index contributed by atoms with van der Waals surface area (Å²) in [5, 5.41) is 0. The lowest BCUT2D eigenvalue weighted by Gasteiger charge is -2.58. The molecule has 0 aromatic heterocycles. The minimum Gasteiger partial charge on any atom is -0.462 e. The van der Waals surface area contributed by atoms with Gasteiger partial charge in [-0.15, -0.1) is 0 Å². The van der Waals surface area contributed by atoms with Gasteiger partial charge in [0.15, 0.2) is 18.9 Å². The lowest BCUT2D eigenvalue weighted by atomic mass is 9.47. The number of allylic oxidation sites excluding steroid dienone is 1. The van der Waals surface area contributed by atoms with Gasteiger partial charge in [-0.25, -0.2) is 0 Å². The van der Waals surface area contributed by atoms with Crippen molar-refractivity contribution >= 4 is 29.1 Å². The summed E-state index contributed by atoms with van der Waals surface area (Å²) < 4.78 is 93.3. The number of fused-ring (bicyclic) bond motifs is 5. The second-order valence-corrected chi connectivity index (χ2v) is 42.1. The van der Waals surface area contributed by atoms with Gasteiger partial charge < -0.3 is 71.1 Å². The zero-order chi connectivity index (χ0) is 92.0. The summed E-state index contributed by atoms with van der Waals surface area (Å²) in [5.41, 5.74) is 1.41. The summed E-state index contributed by atoms with van der Waals surface area (Å²) in [7, 11) is 0. The van der Waals surface area contributed by atoms with Gasteiger partial charge in [0.2, 0.25) is 0 Å². The molecule has 738 valence electrons. The van der Waals surface area contributed by atoms with Crippen molar-refractivity contribution in [2.45, 2.75) is 411 Å². The van der Waals surface area contributed by atoms with Crippen LogP contribution in [0.25, 0.3) is 0 Å². The van der Waals surface area contributed by atoms with Gasteiger partial charge in [0.05, 0.1) is 58.0 Å². The molecule has 0 aromatic rings. The molecule has 0 spiro atoms. The fraction of sp³-hybridized carbons (Fsp3) is 0.935. The molecule has 6 fully saturated rings. The van der Waals surface area contributed by atoms with Crippen LogP contribution in [0.4, 0.5) is 0 Å². The van der Waals surface area contributed by atoms with Gasteiger partial charge in [-0.05, 0) is 249 Å². The van der Waals surface area contributed by atoms with Crippen molar-refractivity contribution in [1.82, 2.24) is 0 Å². The van der Waals surface area contributed by atoms with E-state index in [0.29, 0.717) is 228 Å². The molecule has 3 heterocycles. The average Bonchev–Trinajstić information content (AvgIpc) is 1.66. The third-order valence-corrected chi connectivity index (χ3v) is 32.2. The molecule has 0 bridgehead atoms. The molecule has 0 amide bonds. The quantitative estimate of drug-likeness (QED) is 0.0313. The molecular weight excluding hydrogens is 1610 g/mol. The van der Waals surface area contributed by atoms with Gasteiger partial charge in [0.1, 0.15) is 29.2 Å². The van der Waals surface area contributed by atoms with Gasteiger partial charge in [-0.3, -0.25) is 24.0 Å². The van der Waals surface area contributed by atoms with Crippen molar-refractivity contribution in [3.63, 3.8) is 0 Å². The SMILES string of the molecule is CCC1OC(OCCCCC(=O)CCCCOCCCOCC(COCCCOCCCCC(=O)CCCCOC2OC(CC)C(C)C(C)C2C)(COCCCOCCCCC(=O)CCCCOC2OC(CC)C(C)C(C)C2C)CC(=O)CCOCCOCCCC(=O)O[C@H]2CC[C@@]3(C)C(=CCC4C5CCC([C@H](C)CCCC(C)C)[C@@]5(C)CCC43)C2)C(C)C(C)C1C. The average molecular weight is 1800 g/mol. The number of unbranched alkanes of at least 4 members (excludes halogenated alkanes) is 6. The zero-order valence-electron chi connectivity index (χ0n) is 84.0. The normalized spacial score (nSPS) is 30.9. The first-order chi connectivity index (χ1) is 61.2. The summed E-state index contributed by atoms with van der Waals surface area (Å²) in [5.74, 6) is 9.63. The lowest BCUT2D eigenvalue weighted by Crippen LogP contribution is -2.51. The number of hydrogen-bond acceptors (Lipinski definition) is 20. The maximum atomic E-state index is 14.3. The number of ether oxygens (including phenoxy) is 15.